The molecule has 0 radical (unpaired) electrons. The summed E-state index contributed by atoms with van der Waals surface area (Å²) in [5, 5.41) is 8.02. The van der Waals surface area contributed by atoms with Gasteiger partial charge in [-0.05, 0) is 13.3 Å². The average molecular weight is 277 g/mol. The largest absolute Gasteiger partial charge is 0.449 e. The molecule has 1 amide bonds. The van der Waals surface area contributed by atoms with Gasteiger partial charge in [0.25, 0.3) is 0 Å². The fourth-order valence-electron chi connectivity index (χ4n) is 1.54. The summed E-state index contributed by atoms with van der Waals surface area (Å²) in [6.45, 7) is 3.94. The zero-order chi connectivity index (χ0) is 14.8. The molecule has 0 spiro atoms. The van der Waals surface area contributed by atoms with E-state index in [0.29, 0.717) is 24.5 Å². The average Bonchev–Trinajstić information content (AvgIpc) is 2.48. The van der Waals surface area contributed by atoms with Gasteiger partial charge in [-0.2, -0.15) is 5.10 Å². The lowest BCUT2D eigenvalue weighted by Gasteiger charge is -2.08. The van der Waals surface area contributed by atoms with Crippen LogP contribution >= 0.6 is 0 Å². The topological polar surface area (TPSA) is 72.3 Å². The predicted molar refractivity (Wildman–Crippen MR) is 77.9 cm³/mol. The lowest BCUT2D eigenvalue weighted by molar-refractivity contribution is 0.152. The van der Waals surface area contributed by atoms with Gasteiger partial charge in [0.05, 0.1) is 12.3 Å². The van der Waals surface area contributed by atoms with Crippen LogP contribution in [0.1, 0.15) is 25.8 Å². The van der Waals surface area contributed by atoms with Gasteiger partial charge in [0.1, 0.15) is 12.8 Å². The van der Waals surface area contributed by atoms with Gasteiger partial charge in [-0.1, -0.05) is 42.4 Å². The second-order valence-electron chi connectivity index (χ2n) is 3.73. The Bertz CT molecular complexity index is 484. The molecular formula is C14H19N3O3. The summed E-state index contributed by atoms with van der Waals surface area (Å²) in [6, 6.07) is 9.49. The molecule has 0 heterocycles. The maximum Gasteiger partial charge on any atom is 0.427 e. The number of carbonyl (C=O) groups excluding carboxylic acids is 1. The molecule has 6 nitrogen and oxygen atoms in total. The molecule has 1 rings (SSSR count). The van der Waals surface area contributed by atoms with E-state index in [4.69, 9.17) is 9.57 Å². The third-order valence-corrected chi connectivity index (χ3v) is 2.40. The maximum absolute atomic E-state index is 11.3. The van der Waals surface area contributed by atoms with Crippen LogP contribution in [0.15, 0.2) is 40.6 Å². The first-order valence-electron chi connectivity index (χ1n) is 6.39. The van der Waals surface area contributed by atoms with Gasteiger partial charge in [0, 0.05) is 5.56 Å². The summed E-state index contributed by atoms with van der Waals surface area (Å²) in [7, 11) is 1.47. The summed E-state index contributed by atoms with van der Waals surface area (Å²) in [5.74, 6) is 0. The van der Waals surface area contributed by atoms with Crippen LogP contribution in [0.3, 0.4) is 0 Å². The standard InChI is InChI=1S/C14H19N3O3/c1-4-12(15-16-14(18)20-5-2)13(17-19-3)11-9-7-6-8-10-11/h6-10H,4-5H2,1-3H3,(H,16,18). The molecule has 0 aliphatic carbocycles. The number of amides is 1. The highest BCUT2D eigenvalue weighted by atomic mass is 16.6. The number of carbonyl (C=O) groups is 1. The zero-order valence-corrected chi connectivity index (χ0v) is 11.9. The Morgan fingerprint density at radius 1 is 1.25 bits per heavy atom. The number of benzene rings is 1. The lowest BCUT2D eigenvalue weighted by atomic mass is 10.0. The third kappa shape index (κ3) is 4.72. The summed E-state index contributed by atoms with van der Waals surface area (Å²) in [4.78, 5) is 16.1. The molecule has 1 N–H and O–H groups in total. The Morgan fingerprint density at radius 3 is 2.50 bits per heavy atom. The van der Waals surface area contributed by atoms with Crippen molar-refractivity contribution in [2.24, 2.45) is 10.3 Å². The van der Waals surface area contributed by atoms with Crippen molar-refractivity contribution in [3.05, 3.63) is 35.9 Å². The Morgan fingerprint density at radius 2 is 1.95 bits per heavy atom. The SMILES string of the molecule is CCOC(=O)NN=C(CC)C(=NOC)c1ccccc1. The second kappa shape index (κ2) is 8.68. The first-order valence-corrected chi connectivity index (χ1v) is 6.39. The molecule has 1 aromatic rings. The highest BCUT2D eigenvalue weighted by Gasteiger charge is 2.12. The van der Waals surface area contributed by atoms with E-state index in [1.807, 2.05) is 37.3 Å². The van der Waals surface area contributed by atoms with Crippen LogP contribution in [0.4, 0.5) is 4.79 Å². The molecule has 0 aromatic heterocycles. The van der Waals surface area contributed by atoms with E-state index in [0.717, 1.165) is 5.56 Å². The Labute approximate surface area is 118 Å². The summed E-state index contributed by atoms with van der Waals surface area (Å²) in [5.41, 5.74) is 4.37. The number of nitrogens with zero attached hydrogens (tertiary/aromatic N) is 2. The molecule has 0 bridgehead atoms. The fourth-order valence-corrected chi connectivity index (χ4v) is 1.54. The van der Waals surface area contributed by atoms with Crippen LogP contribution in [0, 0.1) is 0 Å². The van der Waals surface area contributed by atoms with Gasteiger partial charge in [0.15, 0.2) is 0 Å². The van der Waals surface area contributed by atoms with E-state index in [9.17, 15) is 4.79 Å². The van der Waals surface area contributed by atoms with E-state index in [1.54, 1.807) is 6.92 Å². The van der Waals surface area contributed by atoms with Gasteiger partial charge >= 0.3 is 6.09 Å². The van der Waals surface area contributed by atoms with Crippen molar-refractivity contribution in [2.75, 3.05) is 13.7 Å². The Hall–Kier alpha value is -2.37. The monoisotopic (exact) mass is 277 g/mol. The summed E-state index contributed by atoms with van der Waals surface area (Å²) < 4.78 is 4.75. The quantitative estimate of drug-likeness (QED) is 0.641. The fraction of sp³-hybridized carbons (Fsp3) is 0.357. The van der Waals surface area contributed by atoms with Crippen molar-refractivity contribution in [3.63, 3.8) is 0 Å². The van der Waals surface area contributed by atoms with Gasteiger partial charge in [-0.15, -0.1) is 0 Å². The number of hydrogen-bond donors (Lipinski definition) is 1. The van der Waals surface area contributed by atoms with Crippen LogP contribution < -0.4 is 5.43 Å². The number of hydrazone groups is 1. The molecule has 0 aliphatic heterocycles. The van der Waals surface area contributed by atoms with Crippen molar-refractivity contribution in [1.29, 1.82) is 0 Å². The molecule has 20 heavy (non-hydrogen) atoms. The van der Waals surface area contributed by atoms with Crippen LogP contribution in [-0.4, -0.2) is 31.2 Å². The molecule has 0 atom stereocenters. The number of rotatable bonds is 6. The van der Waals surface area contributed by atoms with Crippen molar-refractivity contribution in [3.8, 4) is 0 Å². The van der Waals surface area contributed by atoms with Crippen molar-refractivity contribution in [1.82, 2.24) is 5.43 Å². The van der Waals surface area contributed by atoms with Gasteiger partial charge in [-0.25, -0.2) is 10.2 Å². The first-order chi connectivity index (χ1) is 9.72. The number of nitrogens with one attached hydrogen (secondary N) is 1. The van der Waals surface area contributed by atoms with E-state index >= 15 is 0 Å². The van der Waals surface area contributed by atoms with Gasteiger partial charge in [0.2, 0.25) is 0 Å². The van der Waals surface area contributed by atoms with Crippen LogP contribution in [0.2, 0.25) is 0 Å². The lowest BCUT2D eigenvalue weighted by Crippen LogP contribution is -2.24. The molecule has 0 aliphatic rings. The normalized spacial score (nSPS) is 11.9. The van der Waals surface area contributed by atoms with E-state index < -0.39 is 6.09 Å². The number of ether oxygens (including phenoxy) is 1. The molecule has 108 valence electrons. The molecule has 6 heteroatoms. The number of oxime groups is 1. The van der Waals surface area contributed by atoms with Crippen molar-refractivity contribution < 1.29 is 14.4 Å². The van der Waals surface area contributed by atoms with E-state index in [1.165, 1.54) is 7.11 Å². The summed E-state index contributed by atoms with van der Waals surface area (Å²) in [6.07, 6.45) is -0.00739. The number of hydrogen-bond acceptors (Lipinski definition) is 5. The highest BCUT2D eigenvalue weighted by molar-refractivity contribution is 6.48. The molecule has 0 fully saturated rings. The van der Waals surface area contributed by atoms with E-state index in [-0.39, 0.29) is 0 Å². The predicted octanol–water partition coefficient (Wildman–Crippen LogP) is 2.55. The second-order valence-corrected chi connectivity index (χ2v) is 3.73. The smallest absolute Gasteiger partial charge is 0.427 e. The molecule has 0 unspecified atom stereocenters. The van der Waals surface area contributed by atoms with Crippen LogP contribution in [0.25, 0.3) is 0 Å². The zero-order valence-electron chi connectivity index (χ0n) is 11.9. The van der Waals surface area contributed by atoms with E-state index in [2.05, 4.69) is 15.7 Å². The Balaban J connectivity index is 2.96. The Kier molecular flexibility index (Phi) is 6.81. The molecule has 1 aromatic carbocycles. The van der Waals surface area contributed by atoms with Gasteiger partial charge < -0.3 is 9.57 Å². The highest BCUT2D eigenvalue weighted by Crippen LogP contribution is 2.05. The van der Waals surface area contributed by atoms with Crippen LogP contribution in [0.5, 0.6) is 0 Å². The third-order valence-electron chi connectivity index (χ3n) is 2.40. The van der Waals surface area contributed by atoms with Crippen molar-refractivity contribution >= 4 is 17.5 Å². The van der Waals surface area contributed by atoms with Crippen LogP contribution in [-0.2, 0) is 9.57 Å². The maximum atomic E-state index is 11.3. The van der Waals surface area contributed by atoms with Crippen molar-refractivity contribution in [2.45, 2.75) is 20.3 Å². The molecular weight excluding hydrogens is 258 g/mol. The summed E-state index contributed by atoms with van der Waals surface area (Å²) >= 11 is 0. The minimum Gasteiger partial charge on any atom is -0.449 e. The minimum absolute atomic E-state index is 0.292. The molecule has 0 saturated heterocycles. The molecule has 0 saturated carbocycles. The minimum atomic E-state index is -0.594. The first kappa shape index (κ1) is 15.7. The van der Waals surface area contributed by atoms with Gasteiger partial charge in [-0.3, -0.25) is 0 Å².